The summed E-state index contributed by atoms with van der Waals surface area (Å²) < 4.78 is 32.3. The van der Waals surface area contributed by atoms with E-state index < -0.39 is 10.0 Å². The topological polar surface area (TPSA) is 79.0 Å². The Morgan fingerprint density at radius 3 is 2.26 bits per heavy atom. The normalized spacial score (nSPS) is 15.2. The van der Waals surface area contributed by atoms with Crippen LogP contribution in [0.3, 0.4) is 0 Å². The van der Waals surface area contributed by atoms with Crippen molar-refractivity contribution in [1.29, 1.82) is 0 Å². The monoisotopic (exact) mass is 479 g/mol. The Morgan fingerprint density at radius 1 is 0.882 bits per heavy atom. The number of ether oxygens (including phenoxy) is 1. The highest BCUT2D eigenvalue weighted by Gasteiger charge is 2.28. The number of hydrogen-bond donors (Lipinski definition) is 1. The summed E-state index contributed by atoms with van der Waals surface area (Å²) >= 11 is 0. The number of nitrogens with zero attached hydrogens (tertiary/aromatic N) is 2. The van der Waals surface area contributed by atoms with Gasteiger partial charge in [0.15, 0.2) is 0 Å². The first-order valence-electron chi connectivity index (χ1n) is 11.2. The second kappa shape index (κ2) is 10.9. The van der Waals surface area contributed by atoms with Gasteiger partial charge in [-0.25, -0.2) is 8.42 Å². The van der Waals surface area contributed by atoms with E-state index in [2.05, 4.69) is 10.2 Å². The Hall–Kier alpha value is -3.04. The van der Waals surface area contributed by atoms with Gasteiger partial charge in [-0.3, -0.25) is 9.69 Å². The van der Waals surface area contributed by atoms with Crippen LogP contribution in [0.2, 0.25) is 0 Å². The summed E-state index contributed by atoms with van der Waals surface area (Å²) in [6, 6.07) is 23.7. The lowest BCUT2D eigenvalue weighted by Gasteiger charge is -2.34. The third-order valence-electron chi connectivity index (χ3n) is 5.83. The highest BCUT2D eigenvalue weighted by atomic mass is 32.2. The number of rotatable bonds is 8. The van der Waals surface area contributed by atoms with Crippen LogP contribution in [0.5, 0.6) is 0 Å². The van der Waals surface area contributed by atoms with Crippen LogP contribution in [-0.2, 0) is 27.9 Å². The number of carbonyl (C=O) groups is 1. The van der Waals surface area contributed by atoms with Crippen molar-refractivity contribution in [2.75, 3.05) is 38.6 Å². The molecule has 0 unspecified atom stereocenters. The molecule has 8 heteroatoms. The standard InChI is InChI=1S/C26H29N3O4S/c1-33-20-22-6-5-7-24(18-22)27-26(30)23-12-10-21(11-13-23)19-28-14-16-29(17-15-28)34(31,32)25-8-3-2-4-9-25/h2-13,18H,14-17,19-20H2,1H3,(H,27,30). The molecule has 1 heterocycles. The molecule has 3 aromatic carbocycles. The van der Waals surface area contributed by atoms with Gasteiger partial charge in [-0.05, 0) is 47.5 Å². The van der Waals surface area contributed by atoms with Gasteiger partial charge in [-0.1, -0.05) is 42.5 Å². The smallest absolute Gasteiger partial charge is 0.255 e. The van der Waals surface area contributed by atoms with Gasteiger partial charge < -0.3 is 10.1 Å². The first-order chi connectivity index (χ1) is 16.5. The van der Waals surface area contributed by atoms with E-state index in [-0.39, 0.29) is 5.91 Å². The molecule has 1 aliphatic heterocycles. The minimum Gasteiger partial charge on any atom is -0.380 e. The maximum Gasteiger partial charge on any atom is 0.255 e. The molecule has 0 spiro atoms. The number of carbonyl (C=O) groups excluding carboxylic acids is 1. The molecule has 0 radical (unpaired) electrons. The summed E-state index contributed by atoms with van der Waals surface area (Å²) in [5.74, 6) is -0.166. The Morgan fingerprint density at radius 2 is 1.59 bits per heavy atom. The molecule has 0 aromatic heterocycles. The van der Waals surface area contributed by atoms with Crippen LogP contribution < -0.4 is 5.32 Å². The van der Waals surface area contributed by atoms with Crippen LogP contribution in [0.1, 0.15) is 21.5 Å². The van der Waals surface area contributed by atoms with Crippen LogP contribution >= 0.6 is 0 Å². The van der Waals surface area contributed by atoms with Crippen LogP contribution in [0.15, 0.2) is 83.8 Å². The fourth-order valence-corrected chi connectivity index (χ4v) is 5.44. The van der Waals surface area contributed by atoms with Crippen molar-refractivity contribution in [3.05, 3.63) is 95.6 Å². The number of anilines is 1. The summed E-state index contributed by atoms with van der Waals surface area (Å²) in [5.41, 5.74) is 3.39. The van der Waals surface area contributed by atoms with Crippen molar-refractivity contribution in [2.24, 2.45) is 0 Å². The second-order valence-electron chi connectivity index (χ2n) is 8.28. The highest BCUT2D eigenvalue weighted by molar-refractivity contribution is 7.89. The summed E-state index contributed by atoms with van der Waals surface area (Å²) in [4.78, 5) is 15.2. The third-order valence-corrected chi connectivity index (χ3v) is 7.74. The number of piperazine rings is 1. The van der Waals surface area contributed by atoms with Gasteiger partial charge in [-0.15, -0.1) is 0 Å². The number of hydrogen-bond acceptors (Lipinski definition) is 5. The van der Waals surface area contributed by atoms with E-state index in [4.69, 9.17) is 4.74 Å². The Bertz CT molecular complexity index is 1210. The predicted octanol–water partition coefficient (Wildman–Crippen LogP) is 3.59. The Balaban J connectivity index is 1.30. The number of amides is 1. The first-order valence-corrected chi connectivity index (χ1v) is 12.7. The lowest BCUT2D eigenvalue weighted by Crippen LogP contribution is -2.48. The molecule has 3 aromatic rings. The minimum atomic E-state index is -3.45. The molecule has 0 atom stereocenters. The van der Waals surface area contributed by atoms with Crippen LogP contribution in [-0.4, -0.2) is 56.8 Å². The van der Waals surface area contributed by atoms with E-state index in [1.54, 1.807) is 35.7 Å². The van der Waals surface area contributed by atoms with Crippen molar-refractivity contribution in [2.45, 2.75) is 18.0 Å². The number of nitrogens with one attached hydrogen (secondary N) is 1. The van der Waals surface area contributed by atoms with E-state index >= 15 is 0 Å². The summed E-state index contributed by atoms with van der Waals surface area (Å²) in [6.45, 7) is 3.43. The average Bonchev–Trinajstić information content (AvgIpc) is 2.86. The molecule has 0 saturated carbocycles. The van der Waals surface area contributed by atoms with Gasteiger partial charge in [0.2, 0.25) is 10.0 Å². The van der Waals surface area contributed by atoms with Crippen molar-refractivity contribution >= 4 is 21.6 Å². The van der Waals surface area contributed by atoms with Gasteiger partial charge in [-0.2, -0.15) is 4.31 Å². The fourth-order valence-electron chi connectivity index (χ4n) is 4.00. The van der Waals surface area contributed by atoms with Gasteiger partial charge >= 0.3 is 0 Å². The minimum absolute atomic E-state index is 0.166. The van der Waals surface area contributed by atoms with Crippen LogP contribution in [0.4, 0.5) is 5.69 Å². The van der Waals surface area contributed by atoms with Crippen molar-refractivity contribution in [1.82, 2.24) is 9.21 Å². The van der Waals surface area contributed by atoms with Crippen molar-refractivity contribution in [3.63, 3.8) is 0 Å². The van der Waals surface area contributed by atoms with Crippen molar-refractivity contribution < 1.29 is 17.9 Å². The molecule has 34 heavy (non-hydrogen) atoms. The van der Waals surface area contributed by atoms with Gasteiger partial charge in [0.25, 0.3) is 5.91 Å². The molecule has 1 saturated heterocycles. The predicted molar refractivity (Wildman–Crippen MR) is 132 cm³/mol. The highest BCUT2D eigenvalue weighted by Crippen LogP contribution is 2.19. The maximum absolute atomic E-state index is 12.8. The molecule has 1 N–H and O–H groups in total. The summed E-state index contributed by atoms with van der Waals surface area (Å²) in [5, 5.41) is 2.92. The number of methoxy groups -OCH3 is 1. The van der Waals surface area contributed by atoms with Crippen molar-refractivity contribution in [3.8, 4) is 0 Å². The lowest BCUT2D eigenvalue weighted by molar-refractivity contribution is 0.102. The maximum atomic E-state index is 12.8. The van der Waals surface area contributed by atoms with Gasteiger partial charge in [0.05, 0.1) is 11.5 Å². The average molecular weight is 480 g/mol. The second-order valence-corrected chi connectivity index (χ2v) is 10.2. The van der Waals surface area contributed by atoms with Gasteiger partial charge in [0, 0.05) is 51.1 Å². The fraction of sp³-hybridized carbons (Fsp3) is 0.269. The van der Waals surface area contributed by atoms with E-state index in [1.165, 1.54) is 0 Å². The molecule has 0 bridgehead atoms. The molecule has 4 rings (SSSR count). The molecule has 1 fully saturated rings. The van der Waals surface area contributed by atoms with E-state index in [1.807, 2.05) is 54.6 Å². The zero-order valence-corrected chi connectivity index (χ0v) is 20.0. The number of sulfonamides is 1. The number of benzene rings is 3. The molecule has 178 valence electrons. The molecule has 1 amide bonds. The summed E-state index contributed by atoms with van der Waals surface area (Å²) in [6.07, 6.45) is 0. The molecule has 7 nitrogen and oxygen atoms in total. The van der Waals surface area contributed by atoms with E-state index in [9.17, 15) is 13.2 Å². The zero-order valence-electron chi connectivity index (χ0n) is 19.2. The molecular weight excluding hydrogens is 450 g/mol. The SMILES string of the molecule is COCc1cccc(NC(=O)c2ccc(CN3CCN(S(=O)(=O)c4ccccc4)CC3)cc2)c1. The molecular formula is C26H29N3O4S. The van der Waals surface area contributed by atoms with Crippen LogP contribution in [0, 0.1) is 0 Å². The Labute approximate surface area is 201 Å². The van der Waals surface area contributed by atoms with E-state index in [0.29, 0.717) is 49.8 Å². The molecule has 0 aliphatic carbocycles. The van der Waals surface area contributed by atoms with E-state index in [0.717, 1.165) is 16.8 Å². The first kappa shape index (κ1) is 24.1. The molecule has 1 aliphatic rings. The quantitative estimate of drug-likeness (QED) is 0.534. The summed E-state index contributed by atoms with van der Waals surface area (Å²) in [7, 11) is -1.81. The lowest BCUT2D eigenvalue weighted by atomic mass is 10.1. The third kappa shape index (κ3) is 5.90. The largest absolute Gasteiger partial charge is 0.380 e. The van der Waals surface area contributed by atoms with Gasteiger partial charge in [0.1, 0.15) is 0 Å². The van der Waals surface area contributed by atoms with Crippen LogP contribution in [0.25, 0.3) is 0 Å². The zero-order chi connectivity index (χ0) is 24.0. The Kier molecular flexibility index (Phi) is 7.74.